The molecule has 180 valence electrons. The minimum absolute atomic E-state index is 0.334. The number of hydrogen-bond acceptors (Lipinski definition) is 5. The molecule has 0 saturated heterocycles. The van der Waals surface area contributed by atoms with Gasteiger partial charge >= 0.3 is 12.2 Å². The van der Waals surface area contributed by atoms with Crippen LogP contribution in [0, 0.1) is 0 Å². The van der Waals surface area contributed by atoms with E-state index in [9.17, 15) is 9.59 Å². The summed E-state index contributed by atoms with van der Waals surface area (Å²) in [5.41, 5.74) is 1.09. The van der Waals surface area contributed by atoms with Crippen LogP contribution in [-0.4, -0.2) is 28.1 Å². The highest BCUT2D eigenvalue weighted by molar-refractivity contribution is 5.92. The predicted octanol–water partition coefficient (Wildman–Crippen LogP) is 7.04. The number of aromatic nitrogens is 1. The third-order valence-corrected chi connectivity index (χ3v) is 5.13. The lowest BCUT2D eigenvalue weighted by atomic mass is 10.2. The number of ether oxygens (including phenoxy) is 3. The molecule has 1 saturated carbocycles. The molecule has 1 aromatic heterocycles. The van der Waals surface area contributed by atoms with Crippen molar-refractivity contribution in [3.05, 3.63) is 60.3 Å². The minimum Gasteiger partial charge on any atom is -0.442 e. The summed E-state index contributed by atoms with van der Waals surface area (Å²) in [5.74, 6) is 0.678. The van der Waals surface area contributed by atoms with Gasteiger partial charge in [-0.25, -0.2) is 14.3 Å². The number of benzene rings is 2. The van der Waals surface area contributed by atoms with Gasteiger partial charge in [-0.3, -0.25) is 0 Å². The molecule has 1 amide bonds. The van der Waals surface area contributed by atoms with Crippen LogP contribution in [0.1, 0.15) is 66.0 Å². The summed E-state index contributed by atoms with van der Waals surface area (Å²) in [6, 6.07) is 16.9. The number of nitrogens with zero attached hydrogens (tertiary/aromatic N) is 2. The molecule has 0 unspecified atom stereocenters. The van der Waals surface area contributed by atoms with Crippen LogP contribution in [0.15, 0.2) is 54.6 Å². The van der Waals surface area contributed by atoms with Gasteiger partial charge in [0.25, 0.3) is 0 Å². The van der Waals surface area contributed by atoms with E-state index < -0.39 is 23.5 Å². The molecule has 0 aliphatic heterocycles. The molecule has 1 aliphatic carbocycles. The molecule has 4 rings (SSSR count). The third-order valence-electron chi connectivity index (χ3n) is 5.13. The number of amides is 1. The van der Waals surface area contributed by atoms with E-state index in [4.69, 9.17) is 14.2 Å². The molecule has 1 fully saturated rings. The molecule has 1 aliphatic rings. The second-order valence-electron chi connectivity index (χ2n) is 10.6. The van der Waals surface area contributed by atoms with Crippen LogP contribution in [0.4, 0.5) is 15.3 Å². The van der Waals surface area contributed by atoms with Gasteiger partial charge in [0.15, 0.2) is 0 Å². The van der Waals surface area contributed by atoms with Crippen LogP contribution < -0.4 is 9.75 Å². The van der Waals surface area contributed by atoms with Crippen molar-refractivity contribution in [1.29, 1.82) is 0 Å². The summed E-state index contributed by atoms with van der Waals surface area (Å²) in [4.78, 5) is 25.8. The first-order valence-electron chi connectivity index (χ1n) is 11.6. The normalized spacial score (nSPS) is 14.1. The van der Waals surface area contributed by atoms with Gasteiger partial charge in [-0.05, 0) is 84.7 Å². The summed E-state index contributed by atoms with van der Waals surface area (Å²) in [7, 11) is 0. The van der Waals surface area contributed by atoms with Crippen LogP contribution in [0.5, 0.6) is 5.75 Å². The minimum atomic E-state index is -0.778. The highest BCUT2D eigenvalue weighted by atomic mass is 16.7. The van der Waals surface area contributed by atoms with Crippen molar-refractivity contribution in [1.82, 2.24) is 4.68 Å². The maximum absolute atomic E-state index is 13.5. The molecule has 2 aromatic carbocycles. The van der Waals surface area contributed by atoms with E-state index in [0.29, 0.717) is 17.4 Å². The molecule has 0 spiro atoms. The van der Waals surface area contributed by atoms with Crippen molar-refractivity contribution in [2.75, 3.05) is 5.01 Å². The third kappa shape index (κ3) is 5.53. The smallest absolute Gasteiger partial charge is 0.442 e. The Balaban J connectivity index is 1.82. The Morgan fingerprint density at radius 3 is 2.12 bits per heavy atom. The zero-order valence-electron chi connectivity index (χ0n) is 20.6. The SMILES string of the molecule is CC(C)(C)OC(=O)Oc1ccc2cc(C3CC3)n(N(C(=O)OC(C)(C)C)c3ccccc3)c2c1. The number of carbonyl (C=O) groups is 2. The highest BCUT2D eigenvalue weighted by Crippen LogP contribution is 2.43. The Kier molecular flexibility index (Phi) is 6.06. The first-order valence-corrected chi connectivity index (χ1v) is 11.6. The van der Waals surface area contributed by atoms with Gasteiger partial charge in [0.1, 0.15) is 17.0 Å². The van der Waals surface area contributed by atoms with Crippen molar-refractivity contribution < 1.29 is 23.8 Å². The number of anilines is 1. The molecular weight excluding hydrogens is 432 g/mol. The van der Waals surface area contributed by atoms with Crippen molar-refractivity contribution >= 4 is 28.8 Å². The maximum atomic E-state index is 13.5. The van der Waals surface area contributed by atoms with Gasteiger partial charge in [0.05, 0.1) is 11.2 Å². The zero-order valence-corrected chi connectivity index (χ0v) is 20.6. The number of rotatable bonds is 4. The van der Waals surface area contributed by atoms with Gasteiger partial charge in [0.2, 0.25) is 0 Å². The second-order valence-corrected chi connectivity index (χ2v) is 10.6. The fourth-order valence-corrected chi connectivity index (χ4v) is 3.69. The lowest BCUT2D eigenvalue weighted by Gasteiger charge is -2.30. The van der Waals surface area contributed by atoms with Gasteiger partial charge in [-0.15, -0.1) is 0 Å². The average molecular weight is 465 g/mol. The molecule has 0 bridgehead atoms. The average Bonchev–Trinajstić information content (AvgIpc) is 3.49. The van der Waals surface area contributed by atoms with Crippen molar-refractivity contribution in [2.45, 2.75) is 71.5 Å². The summed E-state index contributed by atoms with van der Waals surface area (Å²) >= 11 is 0. The molecular formula is C27H32N2O5. The first kappa shape index (κ1) is 23.7. The Morgan fingerprint density at radius 2 is 1.53 bits per heavy atom. The molecule has 0 N–H and O–H groups in total. The summed E-state index contributed by atoms with van der Waals surface area (Å²) in [6.45, 7) is 10.9. The van der Waals surface area contributed by atoms with Gasteiger partial charge < -0.3 is 14.2 Å². The summed E-state index contributed by atoms with van der Waals surface area (Å²) in [5, 5.41) is 2.49. The van der Waals surface area contributed by atoms with E-state index in [1.54, 1.807) is 37.9 Å². The number of fused-ring (bicyclic) bond motifs is 1. The van der Waals surface area contributed by atoms with Crippen LogP contribution in [0.25, 0.3) is 10.9 Å². The standard InChI is InChI=1S/C27H32N2O5/c1-26(2,3)33-24(30)28(20-10-8-7-9-11-20)29-22(18-12-13-18)16-19-14-15-21(17-23(19)29)32-25(31)34-27(4,5)6/h7-11,14-18H,12-13H2,1-6H3. The largest absolute Gasteiger partial charge is 0.514 e. The van der Waals surface area contributed by atoms with E-state index in [1.807, 2.05) is 61.8 Å². The van der Waals surface area contributed by atoms with Gasteiger partial charge in [0, 0.05) is 23.1 Å². The fraction of sp³-hybridized carbons (Fsp3) is 0.407. The Labute approximate surface area is 200 Å². The molecule has 7 nitrogen and oxygen atoms in total. The Hall–Kier alpha value is -3.48. The molecule has 34 heavy (non-hydrogen) atoms. The van der Waals surface area contributed by atoms with Crippen molar-refractivity contribution in [3.63, 3.8) is 0 Å². The second kappa shape index (κ2) is 8.70. The maximum Gasteiger partial charge on any atom is 0.514 e. The van der Waals surface area contributed by atoms with Crippen LogP contribution >= 0.6 is 0 Å². The topological polar surface area (TPSA) is 70.0 Å². The van der Waals surface area contributed by atoms with Crippen molar-refractivity contribution in [2.24, 2.45) is 0 Å². The summed E-state index contributed by atoms with van der Waals surface area (Å²) < 4.78 is 18.4. The fourth-order valence-electron chi connectivity index (χ4n) is 3.69. The monoisotopic (exact) mass is 464 g/mol. The molecule has 7 heteroatoms. The van der Waals surface area contributed by atoms with Crippen LogP contribution in [0.2, 0.25) is 0 Å². The van der Waals surface area contributed by atoms with Gasteiger partial charge in [-0.1, -0.05) is 18.2 Å². The number of carbonyl (C=O) groups excluding carboxylic acids is 2. The first-order chi connectivity index (χ1) is 15.9. The molecule has 3 aromatic rings. The number of para-hydroxylation sites is 1. The van der Waals surface area contributed by atoms with Crippen LogP contribution in [0.3, 0.4) is 0 Å². The van der Waals surface area contributed by atoms with Crippen molar-refractivity contribution in [3.8, 4) is 5.75 Å². The van der Waals surface area contributed by atoms with E-state index >= 15 is 0 Å². The molecule has 0 radical (unpaired) electrons. The van der Waals surface area contributed by atoms with E-state index in [2.05, 4.69) is 6.07 Å². The van der Waals surface area contributed by atoms with E-state index in [0.717, 1.165) is 29.4 Å². The van der Waals surface area contributed by atoms with Crippen LogP contribution in [-0.2, 0) is 9.47 Å². The molecule has 1 heterocycles. The Bertz CT molecular complexity index is 1200. The van der Waals surface area contributed by atoms with Gasteiger partial charge in [-0.2, -0.15) is 5.01 Å². The van der Waals surface area contributed by atoms with E-state index in [1.165, 1.54) is 0 Å². The molecule has 0 atom stereocenters. The zero-order chi connectivity index (χ0) is 24.7. The predicted molar refractivity (Wildman–Crippen MR) is 131 cm³/mol. The highest BCUT2D eigenvalue weighted by Gasteiger charge is 2.34. The lowest BCUT2D eigenvalue weighted by Crippen LogP contribution is -2.41. The Morgan fingerprint density at radius 1 is 0.882 bits per heavy atom. The number of hydrogen-bond donors (Lipinski definition) is 0. The van der Waals surface area contributed by atoms with E-state index in [-0.39, 0.29) is 0 Å². The quantitative estimate of drug-likeness (QED) is 0.306. The lowest BCUT2D eigenvalue weighted by molar-refractivity contribution is 0.0206. The summed E-state index contributed by atoms with van der Waals surface area (Å²) in [6.07, 6.45) is 0.833.